The number of carbonyl (C=O) groups is 3. The third-order valence-electron chi connectivity index (χ3n) is 10.2. The van der Waals surface area contributed by atoms with Gasteiger partial charge in [-0.3, -0.25) is 14.9 Å². The first-order chi connectivity index (χ1) is 28.2. The van der Waals surface area contributed by atoms with Crippen molar-refractivity contribution in [1.29, 1.82) is 0 Å². The van der Waals surface area contributed by atoms with Gasteiger partial charge in [0.25, 0.3) is 0 Å². The van der Waals surface area contributed by atoms with Crippen molar-refractivity contribution in [3.63, 3.8) is 0 Å². The molecule has 2 aromatic heterocycles. The summed E-state index contributed by atoms with van der Waals surface area (Å²) in [6.07, 6.45) is 0.629. The first-order valence-electron chi connectivity index (χ1n) is 20.2. The molecule has 1 saturated heterocycles. The van der Waals surface area contributed by atoms with Gasteiger partial charge in [0.15, 0.2) is 5.82 Å². The molecule has 1 aliphatic carbocycles. The second kappa shape index (κ2) is 17.9. The monoisotopic (exact) mass is 836 g/mol. The minimum Gasteiger partial charge on any atom is -0.444 e. The molecule has 0 spiro atoms. The molecule has 0 bridgehead atoms. The Bertz CT molecular complexity index is 2170. The molecule has 2 aromatic carbocycles. The van der Waals surface area contributed by atoms with Crippen LogP contribution in [0, 0.1) is 0 Å². The highest BCUT2D eigenvalue weighted by Crippen LogP contribution is 2.35. The van der Waals surface area contributed by atoms with Crippen molar-refractivity contribution in [2.24, 2.45) is 7.05 Å². The molecule has 1 aliphatic heterocycles. The van der Waals surface area contributed by atoms with Crippen LogP contribution in [0.3, 0.4) is 0 Å². The minimum atomic E-state index is -4.65. The van der Waals surface area contributed by atoms with Gasteiger partial charge in [0, 0.05) is 73.7 Å². The summed E-state index contributed by atoms with van der Waals surface area (Å²) in [7, 11) is 1.72. The number of carbonyl (C=O) groups excluding carboxylic acids is 3. The number of nitrogens with one attached hydrogen (secondary N) is 5. The van der Waals surface area contributed by atoms with Crippen molar-refractivity contribution < 1.29 is 37.0 Å². The fraction of sp³-hybridized carbons (Fsp3) is 0.524. The lowest BCUT2D eigenvalue weighted by Gasteiger charge is -2.33. The fourth-order valence-electron chi connectivity index (χ4n) is 7.38. The number of fused-ring (bicyclic) bond motifs is 1. The average Bonchev–Trinajstić information content (AvgIpc) is 3.50. The van der Waals surface area contributed by atoms with Gasteiger partial charge in [-0.05, 0) is 110 Å². The Morgan fingerprint density at radius 2 is 1.40 bits per heavy atom. The van der Waals surface area contributed by atoms with E-state index in [1.165, 1.54) is 12.1 Å². The normalized spacial score (nSPS) is 18.1. The number of alkyl carbamates (subject to hydrolysis) is 2. The highest BCUT2D eigenvalue weighted by Gasteiger charge is 2.35. The number of aromatic nitrogens is 4. The van der Waals surface area contributed by atoms with E-state index >= 15 is 0 Å². The number of benzene rings is 2. The number of ether oxygens (including phenoxy) is 2. The molecule has 2 fully saturated rings. The number of rotatable bonds is 9. The van der Waals surface area contributed by atoms with Crippen LogP contribution in [0.2, 0.25) is 0 Å². The Morgan fingerprint density at radius 3 is 2.02 bits per heavy atom. The summed E-state index contributed by atoms with van der Waals surface area (Å²) >= 11 is 0. The fourth-order valence-corrected chi connectivity index (χ4v) is 7.38. The SMILES string of the molecule is Cn1nc(NC(=O)Nc2ccc(CN3CCC(NC(=O)OC(C)(C)C)CC3)c(C(F)(F)F)c2)cc1-c1ccc2nc(N[C@H]3CC[C@H](NC(=O)OC(C)(C)C)CC3)ncc2c1. The predicted octanol–water partition coefficient (Wildman–Crippen LogP) is 8.43. The molecule has 2 aliphatic rings. The van der Waals surface area contributed by atoms with Crippen LogP contribution >= 0.6 is 0 Å². The minimum absolute atomic E-state index is 0.0220. The molecule has 4 aromatic rings. The van der Waals surface area contributed by atoms with Crippen LogP contribution in [-0.2, 0) is 29.2 Å². The van der Waals surface area contributed by atoms with E-state index < -0.39 is 41.2 Å². The summed E-state index contributed by atoms with van der Waals surface area (Å²) in [5, 5.41) is 19.5. The van der Waals surface area contributed by atoms with Crippen LogP contribution in [0.25, 0.3) is 22.2 Å². The van der Waals surface area contributed by atoms with Crippen LogP contribution < -0.4 is 26.6 Å². The molecule has 6 rings (SSSR count). The number of hydrogen-bond acceptors (Lipinski definition) is 10. The summed E-state index contributed by atoms with van der Waals surface area (Å²) in [6, 6.07) is 10.4. The first kappa shape index (κ1) is 43.9. The van der Waals surface area contributed by atoms with Crippen molar-refractivity contribution in [3.05, 3.63) is 59.8 Å². The van der Waals surface area contributed by atoms with Crippen molar-refractivity contribution >= 4 is 46.6 Å². The zero-order chi connectivity index (χ0) is 43.4. The number of likely N-dealkylation sites (tertiary alicyclic amines) is 1. The van der Waals surface area contributed by atoms with Gasteiger partial charge in [0.05, 0.1) is 16.8 Å². The quantitative estimate of drug-likeness (QED) is 0.110. The van der Waals surface area contributed by atoms with Gasteiger partial charge in [-0.1, -0.05) is 12.1 Å². The highest BCUT2D eigenvalue weighted by molar-refractivity contribution is 5.99. The molecular weight excluding hydrogens is 782 g/mol. The number of nitrogens with zero attached hydrogens (tertiary/aromatic N) is 5. The molecule has 324 valence electrons. The van der Waals surface area contributed by atoms with Crippen LogP contribution in [0.15, 0.2) is 48.7 Å². The number of aryl methyl sites for hydroxylation is 1. The van der Waals surface area contributed by atoms with Gasteiger partial charge in [-0.15, -0.1) is 0 Å². The number of alkyl halides is 3. The summed E-state index contributed by atoms with van der Waals surface area (Å²) in [5.74, 6) is 0.717. The van der Waals surface area contributed by atoms with E-state index in [9.17, 15) is 27.6 Å². The zero-order valence-electron chi connectivity index (χ0n) is 35.1. The van der Waals surface area contributed by atoms with Gasteiger partial charge in [0.2, 0.25) is 5.95 Å². The van der Waals surface area contributed by atoms with E-state index in [0.717, 1.165) is 48.2 Å². The Hall–Kier alpha value is -5.65. The van der Waals surface area contributed by atoms with Gasteiger partial charge in [-0.2, -0.15) is 18.3 Å². The van der Waals surface area contributed by atoms with E-state index in [2.05, 4.69) is 36.7 Å². The maximum Gasteiger partial charge on any atom is 0.416 e. The molecule has 1 saturated carbocycles. The number of hydrogen-bond donors (Lipinski definition) is 5. The smallest absolute Gasteiger partial charge is 0.416 e. The van der Waals surface area contributed by atoms with Crippen LogP contribution in [0.1, 0.15) is 91.2 Å². The number of anilines is 3. The largest absolute Gasteiger partial charge is 0.444 e. The summed E-state index contributed by atoms with van der Waals surface area (Å²) in [5.41, 5.74) is 0.258. The average molecular weight is 837 g/mol. The molecule has 15 nitrogen and oxygen atoms in total. The molecule has 4 amide bonds. The van der Waals surface area contributed by atoms with Crippen molar-refractivity contribution in [1.82, 2.24) is 35.3 Å². The van der Waals surface area contributed by atoms with Gasteiger partial charge >= 0.3 is 24.4 Å². The third-order valence-corrected chi connectivity index (χ3v) is 10.2. The molecule has 3 heterocycles. The summed E-state index contributed by atoms with van der Waals surface area (Å²) in [4.78, 5) is 48.5. The molecule has 60 heavy (non-hydrogen) atoms. The maximum absolute atomic E-state index is 14.3. The van der Waals surface area contributed by atoms with Gasteiger partial charge in [-0.25, -0.2) is 24.4 Å². The number of urea groups is 1. The van der Waals surface area contributed by atoms with E-state index in [4.69, 9.17) is 14.5 Å². The second-order valence-corrected chi connectivity index (χ2v) is 17.5. The van der Waals surface area contributed by atoms with Crippen LogP contribution in [-0.4, -0.2) is 85.3 Å². The molecule has 18 heteroatoms. The lowest BCUT2D eigenvalue weighted by molar-refractivity contribution is -0.138. The van der Waals surface area contributed by atoms with Gasteiger partial charge < -0.3 is 30.7 Å². The molecule has 0 radical (unpaired) electrons. The Morgan fingerprint density at radius 1 is 0.783 bits per heavy atom. The Kier molecular flexibility index (Phi) is 13.1. The Labute approximate surface area is 347 Å². The second-order valence-electron chi connectivity index (χ2n) is 17.5. The molecular formula is C42H55F3N10O5. The maximum atomic E-state index is 14.3. The first-order valence-corrected chi connectivity index (χ1v) is 20.2. The van der Waals surface area contributed by atoms with E-state index in [-0.39, 0.29) is 41.7 Å². The summed E-state index contributed by atoms with van der Waals surface area (Å²) in [6.45, 7) is 11.9. The van der Waals surface area contributed by atoms with Crippen molar-refractivity contribution in [2.45, 2.75) is 122 Å². The van der Waals surface area contributed by atoms with Crippen LogP contribution in [0.4, 0.5) is 45.0 Å². The van der Waals surface area contributed by atoms with E-state index in [1.807, 2.05) is 43.9 Å². The molecule has 0 atom stereocenters. The van der Waals surface area contributed by atoms with Crippen LogP contribution in [0.5, 0.6) is 0 Å². The topological polar surface area (TPSA) is 177 Å². The Balaban J connectivity index is 1.02. The van der Waals surface area contributed by atoms with E-state index in [0.29, 0.717) is 37.6 Å². The van der Waals surface area contributed by atoms with Gasteiger partial charge in [0.1, 0.15) is 11.2 Å². The van der Waals surface area contributed by atoms with Crippen molar-refractivity contribution in [3.8, 4) is 11.3 Å². The van der Waals surface area contributed by atoms with E-state index in [1.54, 1.807) is 44.8 Å². The summed E-state index contributed by atoms with van der Waals surface area (Å²) < 4.78 is 55.1. The lowest BCUT2D eigenvalue weighted by atomic mass is 9.91. The third kappa shape index (κ3) is 12.4. The predicted molar refractivity (Wildman–Crippen MR) is 223 cm³/mol. The number of amides is 4. The zero-order valence-corrected chi connectivity index (χ0v) is 35.1. The molecule has 5 N–H and O–H groups in total. The molecule has 0 unspecified atom stereocenters. The highest BCUT2D eigenvalue weighted by atomic mass is 19.4. The standard InChI is InChI=1S/C42H55F3N10O5/c1-40(2,3)59-38(57)49-29-13-11-28(12-14-29)47-36-46-23-27-20-25(9-15-33(27)51-36)34-22-35(53-54(34)7)52-37(56)48-31-10-8-26(32(21-31)42(43,44)45)24-55-18-16-30(17-19-55)50-39(58)60-41(4,5)6/h8-10,15,20-23,28-30H,11-14,16-19,24H2,1-7H3,(H,49,57)(H,50,58)(H,46,47,51)(H2,48,52,53,56)/t28-,29-. The number of halogens is 3. The lowest BCUT2D eigenvalue weighted by Crippen LogP contribution is -2.46. The number of piperidine rings is 1. The van der Waals surface area contributed by atoms with Crippen molar-refractivity contribution in [2.75, 3.05) is 29.0 Å².